The van der Waals surface area contributed by atoms with Crippen LogP contribution in [-0.4, -0.2) is 12.2 Å². The number of aliphatic hydroxyl groups is 1. The minimum atomic E-state index is -0.463. The van der Waals surface area contributed by atoms with E-state index in [9.17, 15) is 5.11 Å². The molecule has 0 spiro atoms. The van der Waals surface area contributed by atoms with Crippen LogP contribution in [0.5, 0.6) is 5.75 Å². The Morgan fingerprint density at radius 3 is 3.00 bits per heavy atom. The molecule has 0 saturated heterocycles. The maximum Gasteiger partial charge on any atom is 0.126 e. The molecule has 1 aromatic carbocycles. The summed E-state index contributed by atoms with van der Waals surface area (Å²) in [5.41, 5.74) is 1.92. The first-order valence-corrected chi connectivity index (χ1v) is 3.86. The molecule has 0 aliphatic heterocycles. The fourth-order valence-corrected chi connectivity index (χ4v) is 1.47. The van der Waals surface area contributed by atoms with E-state index in [2.05, 4.69) is 0 Å². The fourth-order valence-electron chi connectivity index (χ4n) is 1.47. The van der Waals surface area contributed by atoms with Crippen LogP contribution >= 0.6 is 0 Å². The second-order valence-corrected chi connectivity index (χ2v) is 2.77. The van der Waals surface area contributed by atoms with Crippen LogP contribution in [0.25, 0.3) is 6.08 Å². The summed E-state index contributed by atoms with van der Waals surface area (Å²) in [4.78, 5) is 0. The number of aliphatic hydroxyl groups excluding tert-OH is 1. The van der Waals surface area contributed by atoms with Crippen molar-refractivity contribution in [3.63, 3.8) is 0 Å². The molecular formula is C10H10O2. The molecule has 0 fully saturated rings. The number of hydrogen-bond acceptors (Lipinski definition) is 2. The number of rotatable bonds is 1. The molecule has 2 rings (SSSR count). The molecule has 0 aromatic heterocycles. The van der Waals surface area contributed by atoms with Crippen LogP contribution in [0.4, 0.5) is 0 Å². The van der Waals surface area contributed by atoms with Gasteiger partial charge in [-0.3, -0.25) is 0 Å². The van der Waals surface area contributed by atoms with Crippen LogP contribution in [-0.2, 0) is 0 Å². The summed E-state index contributed by atoms with van der Waals surface area (Å²) in [5.74, 6) is 0.820. The van der Waals surface area contributed by atoms with Crippen LogP contribution in [0.3, 0.4) is 0 Å². The second kappa shape index (κ2) is 2.64. The van der Waals surface area contributed by atoms with E-state index in [-0.39, 0.29) is 0 Å². The van der Waals surface area contributed by atoms with Gasteiger partial charge in [0.25, 0.3) is 0 Å². The van der Waals surface area contributed by atoms with E-state index in [1.54, 1.807) is 13.2 Å². The van der Waals surface area contributed by atoms with E-state index < -0.39 is 6.10 Å². The highest BCUT2D eigenvalue weighted by atomic mass is 16.5. The summed E-state index contributed by atoms with van der Waals surface area (Å²) >= 11 is 0. The summed E-state index contributed by atoms with van der Waals surface area (Å²) in [6.45, 7) is 0. The Morgan fingerprint density at radius 2 is 2.25 bits per heavy atom. The highest BCUT2D eigenvalue weighted by Crippen LogP contribution is 2.33. The van der Waals surface area contributed by atoms with Crippen LogP contribution in [0.15, 0.2) is 24.3 Å². The molecule has 1 unspecified atom stereocenters. The van der Waals surface area contributed by atoms with E-state index in [0.29, 0.717) is 0 Å². The van der Waals surface area contributed by atoms with Crippen molar-refractivity contribution >= 4 is 6.08 Å². The summed E-state index contributed by atoms with van der Waals surface area (Å²) in [6.07, 6.45) is 3.18. The lowest BCUT2D eigenvalue weighted by molar-refractivity contribution is 0.231. The van der Waals surface area contributed by atoms with Gasteiger partial charge in [0.05, 0.1) is 13.2 Å². The van der Waals surface area contributed by atoms with Crippen molar-refractivity contribution < 1.29 is 9.84 Å². The van der Waals surface area contributed by atoms with Crippen molar-refractivity contribution in [2.45, 2.75) is 6.10 Å². The van der Waals surface area contributed by atoms with Crippen molar-refractivity contribution in [1.82, 2.24) is 0 Å². The molecule has 62 valence electrons. The molecule has 1 aliphatic carbocycles. The van der Waals surface area contributed by atoms with Crippen LogP contribution in [0.1, 0.15) is 17.2 Å². The first-order chi connectivity index (χ1) is 5.83. The molecule has 0 heterocycles. The number of benzene rings is 1. The molecule has 0 saturated carbocycles. The normalized spacial score (nSPS) is 19.3. The summed E-state index contributed by atoms with van der Waals surface area (Å²) in [5, 5.41) is 9.46. The lowest BCUT2D eigenvalue weighted by Gasteiger charge is -2.07. The van der Waals surface area contributed by atoms with Gasteiger partial charge in [-0.1, -0.05) is 24.3 Å². The Bertz CT molecular complexity index is 329. The number of hydrogen-bond donors (Lipinski definition) is 1. The van der Waals surface area contributed by atoms with E-state index in [1.165, 1.54) is 0 Å². The zero-order valence-corrected chi connectivity index (χ0v) is 6.82. The first-order valence-electron chi connectivity index (χ1n) is 3.86. The molecular weight excluding hydrogens is 152 g/mol. The average molecular weight is 162 g/mol. The van der Waals surface area contributed by atoms with Crippen molar-refractivity contribution in [2.75, 3.05) is 7.11 Å². The molecule has 2 heteroatoms. The van der Waals surface area contributed by atoms with Crippen molar-refractivity contribution in [2.24, 2.45) is 0 Å². The zero-order chi connectivity index (χ0) is 8.55. The maximum atomic E-state index is 9.46. The van der Waals surface area contributed by atoms with Gasteiger partial charge in [0.15, 0.2) is 0 Å². The van der Waals surface area contributed by atoms with Gasteiger partial charge in [-0.25, -0.2) is 0 Å². The quantitative estimate of drug-likeness (QED) is 0.681. The highest BCUT2D eigenvalue weighted by Gasteiger charge is 2.16. The smallest absolute Gasteiger partial charge is 0.126 e. The largest absolute Gasteiger partial charge is 0.496 e. The van der Waals surface area contributed by atoms with Crippen molar-refractivity contribution in [3.05, 3.63) is 35.4 Å². The predicted octanol–water partition coefficient (Wildman–Crippen LogP) is 1.76. The Labute approximate surface area is 71.1 Å². The van der Waals surface area contributed by atoms with Gasteiger partial charge < -0.3 is 9.84 Å². The minimum absolute atomic E-state index is 0.463. The lowest BCUT2D eigenvalue weighted by atomic mass is 10.1. The molecule has 1 aromatic rings. The van der Waals surface area contributed by atoms with Crippen LogP contribution in [0.2, 0.25) is 0 Å². The molecule has 1 aliphatic rings. The van der Waals surface area contributed by atoms with Gasteiger partial charge >= 0.3 is 0 Å². The average Bonchev–Trinajstić information content (AvgIpc) is 2.48. The Balaban J connectivity index is 2.57. The van der Waals surface area contributed by atoms with E-state index in [1.807, 2.05) is 24.3 Å². The van der Waals surface area contributed by atoms with Gasteiger partial charge in [0, 0.05) is 5.56 Å². The third-order valence-electron chi connectivity index (χ3n) is 2.08. The minimum Gasteiger partial charge on any atom is -0.496 e. The van der Waals surface area contributed by atoms with Gasteiger partial charge in [-0.05, 0) is 11.6 Å². The fraction of sp³-hybridized carbons (Fsp3) is 0.200. The lowest BCUT2D eigenvalue weighted by Crippen LogP contribution is -1.92. The Kier molecular flexibility index (Phi) is 1.62. The SMILES string of the molecule is COc1cccc2c1C=CC2O. The molecule has 1 atom stereocenters. The van der Waals surface area contributed by atoms with Crippen molar-refractivity contribution in [1.29, 1.82) is 0 Å². The van der Waals surface area contributed by atoms with Gasteiger partial charge in [-0.2, -0.15) is 0 Å². The summed E-state index contributed by atoms with van der Waals surface area (Å²) in [7, 11) is 1.63. The second-order valence-electron chi connectivity index (χ2n) is 2.77. The Hall–Kier alpha value is -1.28. The molecule has 0 amide bonds. The molecule has 0 bridgehead atoms. The highest BCUT2D eigenvalue weighted by molar-refractivity contribution is 5.67. The summed E-state index contributed by atoms with van der Waals surface area (Å²) in [6, 6.07) is 5.68. The number of ether oxygens (including phenoxy) is 1. The first kappa shape index (κ1) is 7.37. The van der Waals surface area contributed by atoms with Crippen molar-refractivity contribution in [3.8, 4) is 5.75 Å². The maximum absolute atomic E-state index is 9.46. The third-order valence-corrected chi connectivity index (χ3v) is 2.08. The van der Waals surface area contributed by atoms with Gasteiger partial charge in [0.2, 0.25) is 0 Å². The van der Waals surface area contributed by atoms with Crippen LogP contribution in [0, 0.1) is 0 Å². The molecule has 0 radical (unpaired) electrons. The van der Waals surface area contributed by atoms with E-state index >= 15 is 0 Å². The van der Waals surface area contributed by atoms with Crippen LogP contribution < -0.4 is 4.74 Å². The van der Waals surface area contributed by atoms with Gasteiger partial charge in [0.1, 0.15) is 5.75 Å². The number of fused-ring (bicyclic) bond motifs is 1. The molecule has 12 heavy (non-hydrogen) atoms. The third kappa shape index (κ3) is 0.924. The van der Waals surface area contributed by atoms with Gasteiger partial charge in [-0.15, -0.1) is 0 Å². The Morgan fingerprint density at radius 1 is 1.42 bits per heavy atom. The molecule has 1 N–H and O–H groups in total. The van der Waals surface area contributed by atoms with E-state index in [4.69, 9.17) is 4.74 Å². The predicted molar refractivity (Wildman–Crippen MR) is 47.0 cm³/mol. The monoisotopic (exact) mass is 162 g/mol. The molecule has 2 nitrogen and oxygen atoms in total. The number of methoxy groups -OCH3 is 1. The summed E-state index contributed by atoms with van der Waals surface area (Å²) < 4.78 is 5.14. The topological polar surface area (TPSA) is 29.5 Å². The zero-order valence-electron chi connectivity index (χ0n) is 6.82. The van der Waals surface area contributed by atoms with E-state index in [0.717, 1.165) is 16.9 Å². The standard InChI is InChI=1S/C10H10O2/c1-12-10-4-2-3-7-8(10)5-6-9(7)11/h2-6,9,11H,1H3.